The maximum absolute atomic E-state index is 11.3. The Morgan fingerprint density at radius 1 is 1.42 bits per heavy atom. The van der Waals surface area contributed by atoms with Gasteiger partial charge in [0, 0.05) is 35.3 Å². The average Bonchev–Trinajstić information content (AvgIpc) is 2.00. The summed E-state index contributed by atoms with van der Waals surface area (Å²) in [5.74, 6) is 0. The Hall–Kier alpha value is 0.798. The molecule has 0 spiro atoms. The van der Waals surface area contributed by atoms with E-state index in [4.69, 9.17) is 4.74 Å². The van der Waals surface area contributed by atoms with Gasteiger partial charge in [-0.1, -0.05) is 13.0 Å². The minimum Gasteiger partial charge on any atom is -0.398 e. The van der Waals surface area contributed by atoms with Crippen LogP contribution in [0.3, 0.4) is 0 Å². The summed E-state index contributed by atoms with van der Waals surface area (Å²) in [4.78, 5) is 0. The van der Waals surface area contributed by atoms with Crippen LogP contribution in [0, 0.1) is 6.92 Å². The molecule has 0 N–H and O–H groups in total. The van der Waals surface area contributed by atoms with Gasteiger partial charge < -0.3 is 20.7 Å². The molecule has 0 heterocycles. The molecule has 0 aromatic heterocycles. The topological polar surface area (TPSA) is 44.8 Å². The Morgan fingerprint density at radius 3 is 2.08 bits per heavy atom. The molecule has 12 heavy (non-hydrogen) atoms. The van der Waals surface area contributed by atoms with Crippen LogP contribution in [0.1, 0.15) is 6.92 Å². The van der Waals surface area contributed by atoms with E-state index in [0.29, 0.717) is 0 Å². The summed E-state index contributed by atoms with van der Waals surface area (Å²) >= 11 is 0. The zero-order valence-corrected chi connectivity index (χ0v) is 11.3. The molecule has 1 unspecified atom stereocenters. The first-order chi connectivity index (χ1) is 5.04. The fourth-order valence-electron chi connectivity index (χ4n) is 0.398. The van der Waals surface area contributed by atoms with E-state index in [-0.39, 0.29) is 33.5 Å². The SMILES string of the molecule is [CH2-]C(C)OCP(=O)(OC)OC.[W]. The van der Waals surface area contributed by atoms with Gasteiger partial charge in [-0.15, -0.1) is 0 Å². The monoisotopic (exact) mass is 365 g/mol. The third-order valence-corrected chi connectivity index (χ3v) is 2.65. The first-order valence-electron chi connectivity index (χ1n) is 3.19. The van der Waals surface area contributed by atoms with Crippen LogP contribution in [0.25, 0.3) is 0 Å². The standard InChI is InChI=1S/C6H14O4P.W/c1-6(2)10-5-11(7,8-3)9-4;/h6H,1,5H2,2-4H3;/q-1;. The van der Waals surface area contributed by atoms with Crippen molar-refractivity contribution in [2.45, 2.75) is 13.0 Å². The summed E-state index contributed by atoms with van der Waals surface area (Å²) in [6, 6.07) is 0. The van der Waals surface area contributed by atoms with E-state index in [1.54, 1.807) is 6.92 Å². The second-order valence-electron chi connectivity index (χ2n) is 2.08. The van der Waals surface area contributed by atoms with Gasteiger partial charge in [0.25, 0.3) is 0 Å². The van der Waals surface area contributed by atoms with Crippen molar-refractivity contribution in [3.8, 4) is 0 Å². The summed E-state index contributed by atoms with van der Waals surface area (Å²) in [5.41, 5.74) is 0. The minimum absolute atomic E-state index is 0. The van der Waals surface area contributed by atoms with Crippen LogP contribution < -0.4 is 0 Å². The maximum atomic E-state index is 11.3. The summed E-state index contributed by atoms with van der Waals surface area (Å²) in [6.07, 6.45) is -0.265. The van der Waals surface area contributed by atoms with E-state index in [1.807, 2.05) is 0 Å². The van der Waals surface area contributed by atoms with Gasteiger partial charge in [-0.05, 0) is 0 Å². The molecule has 4 nitrogen and oxygen atoms in total. The van der Waals surface area contributed by atoms with Gasteiger partial charge in [-0.25, -0.2) is 0 Å². The van der Waals surface area contributed by atoms with E-state index in [0.717, 1.165) is 0 Å². The van der Waals surface area contributed by atoms with Gasteiger partial charge in [0.2, 0.25) is 0 Å². The van der Waals surface area contributed by atoms with Crippen LogP contribution in [0.2, 0.25) is 0 Å². The summed E-state index contributed by atoms with van der Waals surface area (Å²) in [6.45, 7) is 5.30. The van der Waals surface area contributed by atoms with Gasteiger partial charge in [0.05, 0.1) is 0 Å². The molecule has 0 aliphatic carbocycles. The van der Waals surface area contributed by atoms with Crippen LogP contribution in [0.4, 0.5) is 0 Å². The van der Waals surface area contributed by atoms with Crippen LogP contribution in [0.15, 0.2) is 0 Å². The van der Waals surface area contributed by atoms with Crippen molar-refractivity contribution in [3.05, 3.63) is 6.92 Å². The first kappa shape index (κ1) is 15.3. The predicted octanol–water partition coefficient (Wildman–Crippen LogP) is 1.67. The summed E-state index contributed by atoms with van der Waals surface area (Å²) in [7, 11) is -0.356. The molecular formula is C6H14O4PW-. The van der Waals surface area contributed by atoms with Crippen LogP contribution in [0.5, 0.6) is 0 Å². The summed E-state index contributed by atoms with van der Waals surface area (Å²) in [5, 5.41) is 0. The van der Waals surface area contributed by atoms with E-state index < -0.39 is 7.60 Å². The molecule has 0 saturated carbocycles. The maximum Gasteiger partial charge on any atom is 0.355 e. The first-order valence-corrected chi connectivity index (χ1v) is 4.92. The normalized spacial score (nSPS) is 13.7. The van der Waals surface area contributed by atoms with E-state index in [9.17, 15) is 4.57 Å². The molecule has 6 heteroatoms. The van der Waals surface area contributed by atoms with E-state index >= 15 is 0 Å². The largest absolute Gasteiger partial charge is 0.398 e. The molecule has 0 aliphatic rings. The molecule has 74 valence electrons. The Kier molecular flexibility index (Phi) is 9.20. The number of ether oxygens (including phenoxy) is 1. The molecule has 0 saturated heterocycles. The number of hydrogen-bond donors (Lipinski definition) is 0. The Bertz CT molecular complexity index is 142. The van der Waals surface area contributed by atoms with Gasteiger partial charge in [0.15, 0.2) is 0 Å². The summed E-state index contributed by atoms with van der Waals surface area (Å²) < 4.78 is 25.5. The average molecular weight is 365 g/mol. The molecule has 0 aliphatic heterocycles. The number of rotatable bonds is 5. The van der Waals surface area contributed by atoms with Gasteiger partial charge >= 0.3 is 7.60 Å². The minimum atomic E-state index is -3.00. The van der Waals surface area contributed by atoms with Crippen molar-refractivity contribution in [2.75, 3.05) is 20.6 Å². The van der Waals surface area contributed by atoms with Crippen molar-refractivity contribution < 1.29 is 39.4 Å². The van der Waals surface area contributed by atoms with Crippen LogP contribution in [-0.4, -0.2) is 26.7 Å². The molecule has 0 radical (unpaired) electrons. The van der Waals surface area contributed by atoms with Crippen LogP contribution in [-0.2, 0) is 39.4 Å². The third-order valence-electron chi connectivity index (χ3n) is 1.07. The molecule has 0 bridgehead atoms. The molecule has 0 fully saturated rings. The Balaban J connectivity index is 0. The zero-order valence-electron chi connectivity index (χ0n) is 7.48. The van der Waals surface area contributed by atoms with Crippen LogP contribution >= 0.6 is 7.60 Å². The van der Waals surface area contributed by atoms with Crippen molar-refractivity contribution >= 4 is 7.60 Å². The second-order valence-corrected chi connectivity index (χ2v) is 4.29. The van der Waals surface area contributed by atoms with Crippen molar-refractivity contribution in [2.24, 2.45) is 0 Å². The molecule has 1 atom stereocenters. The fourth-order valence-corrected chi connectivity index (χ4v) is 1.20. The van der Waals surface area contributed by atoms with Gasteiger partial charge in [-0.2, -0.15) is 0 Å². The van der Waals surface area contributed by atoms with Crippen molar-refractivity contribution in [1.29, 1.82) is 0 Å². The second kappa shape index (κ2) is 7.23. The smallest absolute Gasteiger partial charge is 0.355 e. The Morgan fingerprint density at radius 2 is 1.83 bits per heavy atom. The molecule has 0 aromatic rings. The third kappa shape index (κ3) is 6.33. The fraction of sp³-hybridized carbons (Fsp3) is 0.833. The molecule has 0 aromatic carbocycles. The molecule has 0 amide bonds. The van der Waals surface area contributed by atoms with Gasteiger partial charge in [-0.3, -0.25) is 4.57 Å². The van der Waals surface area contributed by atoms with Gasteiger partial charge in [0.1, 0.15) is 6.35 Å². The zero-order chi connectivity index (χ0) is 8.91. The molecule has 0 rings (SSSR count). The molecular weight excluding hydrogens is 351 g/mol. The van der Waals surface area contributed by atoms with E-state index in [2.05, 4.69) is 16.0 Å². The quantitative estimate of drug-likeness (QED) is 0.550. The number of hydrogen-bond acceptors (Lipinski definition) is 4. The Labute approximate surface area is 87.8 Å². The predicted molar refractivity (Wildman–Crippen MR) is 42.4 cm³/mol. The van der Waals surface area contributed by atoms with E-state index in [1.165, 1.54) is 14.2 Å². The van der Waals surface area contributed by atoms with Crippen molar-refractivity contribution in [3.63, 3.8) is 0 Å². The van der Waals surface area contributed by atoms with Crippen molar-refractivity contribution in [1.82, 2.24) is 0 Å².